The lowest BCUT2D eigenvalue weighted by molar-refractivity contribution is -0.110. The first-order valence-electron chi connectivity index (χ1n) is 7.26. The lowest BCUT2D eigenvalue weighted by Crippen LogP contribution is -2.25. The Kier molecular flexibility index (Phi) is 3.73. The van der Waals surface area contributed by atoms with Gasteiger partial charge in [-0.3, -0.25) is 4.79 Å². The number of hydrogen-bond acceptors (Lipinski definition) is 4. The third kappa shape index (κ3) is 2.55. The van der Waals surface area contributed by atoms with Crippen LogP contribution in [0.3, 0.4) is 0 Å². The summed E-state index contributed by atoms with van der Waals surface area (Å²) in [5, 5.41) is 2.89. The second-order valence-electron chi connectivity index (χ2n) is 5.35. The number of carbonyl (C=O) groups is 1. The Balaban J connectivity index is 1.98. The van der Waals surface area contributed by atoms with E-state index in [9.17, 15) is 4.79 Å². The first kappa shape index (κ1) is 13.8. The Morgan fingerprint density at radius 2 is 1.76 bits per heavy atom. The molecule has 0 saturated carbocycles. The van der Waals surface area contributed by atoms with Crippen molar-refractivity contribution in [1.29, 1.82) is 0 Å². The van der Waals surface area contributed by atoms with Gasteiger partial charge in [0.1, 0.15) is 0 Å². The van der Waals surface area contributed by atoms with Crippen molar-refractivity contribution in [1.82, 2.24) is 4.90 Å². The van der Waals surface area contributed by atoms with Crippen LogP contribution in [-0.2, 0) is 4.79 Å². The quantitative estimate of drug-likeness (QED) is 0.868. The Morgan fingerprint density at radius 1 is 1.10 bits per heavy atom. The molecule has 0 aliphatic carbocycles. The zero-order chi connectivity index (χ0) is 14.8. The maximum absolute atomic E-state index is 12.2. The van der Waals surface area contributed by atoms with E-state index in [2.05, 4.69) is 10.2 Å². The van der Waals surface area contributed by atoms with Gasteiger partial charge in [-0.2, -0.15) is 0 Å². The number of carbonyl (C=O) groups excluding carboxylic acids is 1. The summed E-state index contributed by atoms with van der Waals surface area (Å²) < 4.78 is 10.6. The van der Waals surface area contributed by atoms with E-state index >= 15 is 0 Å². The summed E-state index contributed by atoms with van der Waals surface area (Å²) in [5.41, 5.74) is 2.36. The Bertz CT molecular complexity index is 589. The molecule has 5 nitrogen and oxygen atoms in total. The Morgan fingerprint density at radius 3 is 2.43 bits per heavy atom. The predicted molar refractivity (Wildman–Crippen MR) is 81.6 cm³/mol. The van der Waals surface area contributed by atoms with Gasteiger partial charge >= 0.3 is 0 Å². The van der Waals surface area contributed by atoms with Gasteiger partial charge in [-0.05, 0) is 25.3 Å². The number of fused-ring (bicyclic) bond motifs is 1. The second kappa shape index (κ2) is 5.68. The molecule has 3 rings (SSSR count). The van der Waals surface area contributed by atoms with Crippen LogP contribution in [0.1, 0.15) is 24.8 Å². The molecule has 1 N–H and O–H groups in total. The summed E-state index contributed by atoms with van der Waals surface area (Å²) in [6.07, 6.45) is 5.62. The number of anilines is 1. The standard InChI is InChI=1S/C16H20N2O3/c1-20-14-8-11-12(10-18-6-4-3-5-7-18)16(19)17-13(11)9-15(14)21-2/h8-10H,3-7H2,1-2H3,(H,17,19). The van der Waals surface area contributed by atoms with Crippen molar-refractivity contribution in [3.05, 3.63) is 23.9 Å². The van der Waals surface area contributed by atoms with E-state index in [0.29, 0.717) is 17.1 Å². The average Bonchev–Trinajstić information content (AvgIpc) is 2.82. The van der Waals surface area contributed by atoms with Gasteiger partial charge in [-0.15, -0.1) is 0 Å². The molecule has 0 spiro atoms. The number of nitrogens with zero attached hydrogens (tertiary/aromatic N) is 1. The fourth-order valence-corrected chi connectivity index (χ4v) is 2.88. The maximum atomic E-state index is 12.2. The minimum Gasteiger partial charge on any atom is -0.493 e. The number of hydrogen-bond donors (Lipinski definition) is 1. The van der Waals surface area contributed by atoms with Crippen LogP contribution in [0.2, 0.25) is 0 Å². The molecule has 1 aromatic carbocycles. The van der Waals surface area contributed by atoms with E-state index in [0.717, 1.165) is 24.3 Å². The number of amides is 1. The molecule has 2 aliphatic heterocycles. The molecule has 0 bridgehead atoms. The number of benzene rings is 1. The van der Waals surface area contributed by atoms with Crippen LogP contribution >= 0.6 is 0 Å². The summed E-state index contributed by atoms with van der Waals surface area (Å²) in [6.45, 7) is 2.03. The molecule has 0 aromatic heterocycles. The van der Waals surface area contributed by atoms with Crippen LogP contribution in [0.25, 0.3) is 5.57 Å². The van der Waals surface area contributed by atoms with Crippen LogP contribution in [0.4, 0.5) is 5.69 Å². The smallest absolute Gasteiger partial charge is 0.257 e. The minimum atomic E-state index is -0.0640. The molecule has 5 heteroatoms. The molecule has 1 amide bonds. The van der Waals surface area contributed by atoms with Crippen molar-refractivity contribution >= 4 is 17.2 Å². The number of piperidine rings is 1. The van der Waals surface area contributed by atoms with Crippen LogP contribution in [0, 0.1) is 0 Å². The van der Waals surface area contributed by atoms with Gasteiger partial charge in [0.25, 0.3) is 5.91 Å². The highest BCUT2D eigenvalue weighted by molar-refractivity contribution is 6.31. The summed E-state index contributed by atoms with van der Waals surface area (Å²) in [7, 11) is 3.19. The van der Waals surface area contributed by atoms with Crippen molar-refractivity contribution in [2.45, 2.75) is 19.3 Å². The predicted octanol–water partition coefficient (Wildman–Crippen LogP) is 2.48. The van der Waals surface area contributed by atoms with Gasteiger partial charge < -0.3 is 19.7 Å². The van der Waals surface area contributed by atoms with Gasteiger partial charge in [0, 0.05) is 30.9 Å². The van der Waals surface area contributed by atoms with Gasteiger partial charge in [0.15, 0.2) is 11.5 Å². The van der Waals surface area contributed by atoms with E-state index in [1.54, 1.807) is 14.2 Å². The first-order chi connectivity index (χ1) is 10.2. The molecule has 2 heterocycles. The van der Waals surface area contributed by atoms with Crippen molar-refractivity contribution in [2.24, 2.45) is 0 Å². The van der Waals surface area contributed by atoms with E-state index in [4.69, 9.17) is 9.47 Å². The van der Waals surface area contributed by atoms with Crippen LogP contribution in [0.15, 0.2) is 18.3 Å². The number of methoxy groups -OCH3 is 2. The number of nitrogens with one attached hydrogen (secondary N) is 1. The number of likely N-dealkylation sites (tertiary alicyclic amines) is 1. The SMILES string of the molecule is COc1cc2c(cc1OC)C(=CN1CCCCC1)C(=O)N2. The third-order valence-electron chi connectivity index (χ3n) is 4.01. The van der Waals surface area contributed by atoms with Crippen LogP contribution < -0.4 is 14.8 Å². The minimum absolute atomic E-state index is 0.0640. The summed E-state index contributed by atoms with van der Waals surface area (Å²) in [4.78, 5) is 14.4. The highest BCUT2D eigenvalue weighted by Crippen LogP contribution is 2.40. The molecule has 1 aromatic rings. The molecule has 0 unspecified atom stereocenters. The largest absolute Gasteiger partial charge is 0.493 e. The lowest BCUT2D eigenvalue weighted by atomic mass is 10.1. The molecule has 1 fully saturated rings. The fraction of sp³-hybridized carbons (Fsp3) is 0.438. The van der Waals surface area contributed by atoms with Gasteiger partial charge in [0.05, 0.1) is 25.5 Å². The average molecular weight is 288 g/mol. The summed E-state index contributed by atoms with van der Waals surface area (Å²) >= 11 is 0. The highest BCUT2D eigenvalue weighted by atomic mass is 16.5. The van der Waals surface area contributed by atoms with E-state index in [-0.39, 0.29) is 5.91 Å². The van der Waals surface area contributed by atoms with E-state index in [1.807, 2.05) is 18.3 Å². The molecular formula is C16H20N2O3. The molecule has 1 saturated heterocycles. The topological polar surface area (TPSA) is 50.8 Å². The molecule has 21 heavy (non-hydrogen) atoms. The van der Waals surface area contributed by atoms with Crippen molar-refractivity contribution < 1.29 is 14.3 Å². The Hall–Kier alpha value is -2.17. The Labute approximate surface area is 124 Å². The fourth-order valence-electron chi connectivity index (χ4n) is 2.88. The van der Waals surface area contributed by atoms with E-state index < -0.39 is 0 Å². The lowest BCUT2D eigenvalue weighted by Gasteiger charge is -2.25. The number of rotatable bonds is 3. The number of ether oxygens (including phenoxy) is 2. The van der Waals surface area contributed by atoms with Gasteiger partial charge in [-0.1, -0.05) is 0 Å². The van der Waals surface area contributed by atoms with E-state index in [1.165, 1.54) is 19.3 Å². The molecule has 2 aliphatic rings. The second-order valence-corrected chi connectivity index (χ2v) is 5.35. The summed E-state index contributed by atoms with van der Waals surface area (Å²) in [6, 6.07) is 3.67. The zero-order valence-electron chi connectivity index (χ0n) is 12.4. The molecule has 0 radical (unpaired) electrons. The van der Waals surface area contributed by atoms with Gasteiger partial charge in [0.2, 0.25) is 0 Å². The van der Waals surface area contributed by atoms with Crippen LogP contribution in [-0.4, -0.2) is 38.1 Å². The maximum Gasteiger partial charge on any atom is 0.257 e. The molecule has 112 valence electrons. The van der Waals surface area contributed by atoms with Crippen molar-refractivity contribution in [2.75, 3.05) is 32.6 Å². The third-order valence-corrected chi connectivity index (χ3v) is 4.01. The highest BCUT2D eigenvalue weighted by Gasteiger charge is 2.27. The molecular weight excluding hydrogens is 268 g/mol. The first-order valence-corrected chi connectivity index (χ1v) is 7.26. The van der Waals surface area contributed by atoms with Gasteiger partial charge in [-0.25, -0.2) is 0 Å². The normalized spacial score (nSPS) is 19.4. The zero-order valence-corrected chi connectivity index (χ0v) is 12.4. The van der Waals surface area contributed by atoms with Crippen molar-refractivity contribution in [3.63, 3.8) is 0 Å². The molecule has 0 atom stereocenters. The van der Waals surface area contributed by atoms with Crippen LogP contribution in [0.5, 0.6) is 11.5 Å². The monoisotopic (exact) mass is 288 g/mol. The summed E-state index contributed by atoms with van der Waals surface area (Å²) in [5.74, 6) is 1.19. The van der Waals surface area contributed by atoms with Crippen molar-refractivity contribution in [3.8, 4) is 11.5 Å².